The van der Waals surface area contributed by atoms with Crippen molar-refractivity contribution in [1.29, 1.82) is 0 Å². The summed E-state index contributed by atoms with van der Waals surface area (Å²) in [6.07, 6.45) is 1.40. The van der Waals surface area contributed by atoms with E-state index in [9.17, 15) is 13.2 Å². The number of aromatic amines is 1. The van der Waals surface area contributed by atoms with E-state index in [4.69, 9.17) is 4.98 Å². The molecule has 3 heterocycles. The number of sulfone groups is 1. The maximum absolute atomic E-state index is 13.3. The zero-order valence-corrected chi connectivity index (χ0v) is 19.2. The number of H-pyrrole nitrogens is 1. The average Bonchev–Trinajstić information content (AvgIpc) is 3.39. The molecule has 1 saturated heterocycles. The lowest BCUT2D eigenvalue weighted by molar-refractivity contribution is 0.0919. The van der Waals surface area contributed by atoms with Gasteiger partial charge >= 0.3 is 0 Å². The number of carbonyl (C=O) groups excluding carboxylic acids is 1. The second kappa shape index (κ2) is 8.11. The summed E-state index contributed by atoms with van der Waals surface area (Å²) in [5.74, 6) is 0.922. The van der Waals surface area contributed by atoms with E-state index in [1.807, 2.05) is 31.2 Å². The molecule has 0 spiro atoms. The Labute approximate surface area is 182 Å². The van der Waals surface area contributed by atoms with E-state index in [1.165, 1.54) is 0 Å². The number of carbonyl (C=O) groups is 1. The summed E-state index contributed by atoms with van der Waals surface area (Å²) in [7, 11) is -3.04. The molecule has 3 aromatic rings. The second-order valence-corrected chi connectivity index (χ2v) is 10.8. The van der Waals surface area contributed by atoms with Gasteiger partial charge in [0, 0.05) is 5.69 Å². The van der Waals surface area contributed by atoms with Crippen LogP contribution in [-0.2, 0) is 9.84 Å². The SMILES string of the molecule is CC[C@H](C)[C@H](NC(=O)c1c(C)nn(C2CCS(=O)(=O)C2)c1C)c1nc2ccccc2[nH]1. The Kier molecular flexibility index (Phi) is 5.63. The molecule has 2 aromatic heterocycles. The van der Waals surface area contributed by atoms with Crippen molar-refractivity contribution in [3.05, 3.63) is 47.0 Å². The normalized spacial score (nSPS) is 20.1. The van der Waals surface area contributed by atoms with Crippen molar-refractivity contribution in [2.75, 3.05) is 11.5 Å². The molecule has 0 radical (unpaired) electrons. The van der Waals surface area contributed by atoms with Crippen LogP contribution in [0.25, 0.3) is 11.0 Å². The first kappa shape index (κ1) is 21.5. The number of hydrogen-bond donors (Lipinski definition) is 2. The molecule has 9 heteroatoms. The summed E-state index contributed by atoms with van der Waals surface area (Å²) in [6, 6.07) is 7.30. The molecule has 0 aliphatic carbocycles. The third-order valence-corrected chi connectivity index (χ3v) is 8.06. The van der Waals surface area contributed by atoms with Crippen LogP contribution in [0.5, 0.6) is 0 Å². The van der Waals surface area contributed by atoms with Crippen molar-refractivity contribution >= 4 is 26.8 Å². The molecular weight excluding hydrogens is 414 g/mol. The number of nitrogens with one attached hydrogen (secondary N) is 2. The van der Waals surface area contributed by atoms with Crippen LogP contribution in [0.3, 0.4) is 0 Å². The van der Waals surface area contributed by atoms with Gasteiger partial charge in [-0.2, -0.15) is 5.10 Å². The predicted molar refractivity (Wildman–Crippen MR) is 120 cm³/mol. The maximum atomic E-state index is 13.3. The van der Waals surface area contributed by atoms with Crippen LogP contribution in [-0.4, -0.2) is 45.6 Å². The lowest BCUT2D eigenvalue weighted by Crippen LogP contribution is -2.34. The minimum atomic E-state index is -3.04. The smallest absolute Gasteiger partial charge is 0.255 e. The van der Waals surface area contributed by atoms with E-state index >= 15 is 0 Å². The Hall–Kier alpha value is -2.68. The molecule has 0 bridgehead atoms. The highest BCUT2D eigenvalue weighted by molar-refractivity contribution is 7.91. The van der Waals surface area contributed by atoms with Crippen LogP contribution in [0.1, 0.15) is 66.3 Å². The van der Waals surface area contributed by atoms with Crippen LogP contribution in [0.2, 0.25) is 0 Å². The molecule has 4 rings (SSSR count). The fourth-order valence-electron chi connectivity index (χ4n) is 4.36. The maximum Gasteiger partial charge on any atom is 0.255 e. The number of aryl methyl sites for hydroxylation is 1. The summed E-state index contributed by atoms with van der Waals surface area (Å²) in [6.45, 7) is 7.80. The largest absolute Gasteiger partial charge is 0.342 e. The molecule has 0 saturated carbocycles. The highest BCUT2D eigenvalue weighted by Gasteiger charge is 2.33. The summed E-state index contributed by atoms with van der Waals surface area (Å²) in [4.78, 5) is 21.4. The lowest BCUT2D eigenvalue weighted by atomic mass is 9.98. The Morgan fingerprint density at radius 2 is 2.06 bits per heavy atom. The molecule has 1 aliphatic heterocycles. The number of benzene rings is 1. The number of hydrogen-bond acceptors (Lipinski definition) is 5. The Morgan fingerprint density at radius 3 is 2.71 bits per heavy atom. The van der Waals surface area contributed by atoms with E-state index in [2.05, 4.69) is 29.2 Å². The molecule has 31 heavy (non-hydrogen) atoms. The first-order chi connectivity index (χ1) is 14.7. The summed E-state index contributed by atoms with van der Waals surface area (Å²) in [5, 5.41) is 7.69. The minimum Gasteiger partial charge on any atom is -0.342 e. The van der Waals surface area contributed by atoms with Crippen LogP contribution >= 0.6 is 0 Å². The average molecular weight is 444 g/mol. The lowest BCUT2D eigenvalue weighted by Gasteiger charge is -2.22. The Morgan fingerprint density at radius 1 is 1.32 bits per heavy atom. The van der Waals surface area contributed by atoms with Gasteiger partial charge in [-0.3, -0.25) is 9.48 Å². The molecule has 3 atom stereocenters. The number of aromatic nitrogens is 4. The Balaban J connectivity index is 1.63. The van der Waals surface area contributed by atoms with Crippen molar-refractivity contribution in [3.8, 4) is 0 Å². The monoisotopic (exact) mass is 443 g/mol. The molecule has 1 amide bonds. The fourth-order valence-corrected chi connectivity index (χ4v) is 6.06. The zero-order chi connectivity index (χ0) is 22.3. The van der Waals surface area contributed by atoms with Crippen molar-refractivity contribution in [2.24, 2.45) is 5.92 Å². The summed E-state index contributed by atoms with van der Waals surface area (Å²) in [5.41, 5.74) is 3.61. The van der Waals surface area contributed by atoms with Gasteiger partial charge < -0.3 is 10.3 Å². The summed E-state index contributed by atoms with van der Waals surface area (Å²) < 4.78 is 25.5. The van der Waals surface area contributed by atoms with Crippen molar-refractivity contribution in [3.63, 3.8) is 0 Å². The number of nitrogens with zero attached hydrogens (tertiary/aromatic N) is 3. The number of fused-ring (bicyclic) bond motifs is 1. The van der Waals surface area contributed by atoms with Gasteiger partial charge in [0.1, 0.15) is 5.82 Å². The van der Waals surface area contributed by atoms with Gasteiger partial charge in [0.25, 0.3) is 5.91 Å². The van der Waals surface area contributed by atoms with Gasteiger partial charge in [0.05, 0.1) is 45.9 Å². The second-order valence-electron chi connectivity index (χ2n) is 8.52. The number of imidazole rings is 1. The van der Waals surface area contributed by atoms with Crippen LogP contribution in [0.15, 0.2) is 24.3 Å². The fraction of sp³-hybridized carbons (Fsp3) is 0.500. The molecule has 2 N–H and O–H groups in total. The topological polar surface area (TPSA) is 110 Å². The van der Waals surface area contributed by atoms with Crippen molar-refractivity contribution < 1.29 is 13.2 Å². The first-order valence-corrected chi connectivity index (χ1v) is 12.5. The molecule has 1 aliphatic rings. The van der Waals surface area contributed by atoms with Crippen molar-refractivity contribution in [2.45, 2.75) is 52.6 Å². The number of para-hydroxylation sites is 2. The van der Waals surface area contributed by atoms with Gasteiger partial charge in [-0.05, 0) is 38.3 Å². The van der Waals surface area contributed by atoms with Gasteiger partial charge in [-0.15, -0.1) is 0 Å². The molecule has 166 valence electrons. The first-order valence-electron chi connectivity index (χ1n) is 10.7. The van der Waals surface area contributed by atoms with E-state index in [1.54, 1.807) is 11.6 Å². The zero-order valence-electron chi connectivity index (χ0n) is 18.3. The Bertz CT molecular complexity index is 1190. The standard InChI is InChI=1S/C22H29N5O3S/c1-5-13(2)20(21-23-17-8-6-7-9-18(17)24-21)25-22(28)19-14(3)26-27(15(19)4)16-10-11-31(29,30)12-16/h6-9,13,16,20H,5,10-12H2,1-4H3,(H,23,24)(H,25,28)/t13-,16?,20-/m0/s1. The predicted octanol–water partition coefficient (Wildman–Crippen LogP) is 3.25. The van der Waals surface area contributed by atoms with E-state index in [0.29, 0.717) is 23.4 Å². The van der Waals surface area contributed by atoms with Crippen LogP contribution in [0.4, 0.5) is 0 Å². The van der Waals surface area contributed by atoms with Gasteiger partial charge in [0.15, 0.2) is 9.84 Å². The van der Waals surface area contributed by atoms with E-state index in [-0.39, 0.29) is 35.4 Å². The summed E-state index contributed by atoms with van der Waals surface area (Å²) >= 11 is 0. The highest BCUT2D eigenvalue weighted by atomic mass is 32.2. The van der Waals surface area contributed by atoms with E-state index < -0.39 is 9.84 Å². The third kappa shape index (κ3) is 4.11. The minimum absolute atomic E-state index is 0.0739. The van der Waals surface area contributed by atoms with Gasteiger partial charge in [0.2, 0.25) is 0 Å². The highest BCUT2D eigenvalue weighted by Crippen LogP contribution is 2.29. The molecule has 1 aromatic carbocycles. The number of rotatable bonds is 6. The van der Waals surface area contributed by atoms with E-state index in [0.717, 1.165) is 23.3 Å². The molecular formula is C22H29N5O3S. The van der Waals surface area contributed by atoms with Crippen molar-refractivity contribution in [1.82, 2.24) is 25.1 Å². The van der Waals surface area contributed by atoms with Crippen LogP contribution < -0.4 is 5.32 Å². The molecule has 1 fully saturated rings. The molecule has 1 unspecified atom stereocenters. The van der Waals surface area contributed by atoms with Gasteiger partial charge in [-0.25, -0.2) is 13.4 Å². The third-order valence-electron chi connectivity index (χ3n) is 6.31. The molecule has 8 nitrogen and oxygen atoms in total. The quantitative estimate of drug-likeness (QED) is 0.608. The van der Waals surface area contributed by atoms with Gasteiger partial charge in [-0.1, -0.05) is 32.4 Å². The van der Waals surface area contributed by atoms with Crippen LogP contribution in [0, 0.1) is 19.8 Å². The number of amides is 1.